The summed E-state index contributed by atoms with van der Waals surface area (Å²) in [5.41, 5.74) is 0.896. The second-order valence-corrected chi connectivity index (χ2v) is 9.14. The maximum absolute atomic E-state index is 13.5. The van der Waals surface area contributed by atoms with Crippen LogP contribution in [0.3, 0.4) is 0 Å². The van der Waals surface area contributed by atoms with Gasteiger partial charge in [0.25, 0.3) is 5.91 Å². The number of hydrogen-bond donors (Lipinski definition) is 1. The topological polar surface area (TPSA) is 68.3 Å². The second kappa shape index (κ2) is 7.31. The third-order valence-corrected chi connectivity index (χ3v) is 6.52. The highest BCUT2D eigenvalue weighted by molar-refractivity contribution is 6.30. The standard InChI is InChI=1S/C24H20ClFN2O3/c25-18-7-6-17(9-19(18)26)31-11-16(29)10-23-12-24(13-23,14-23)28-22(30)21-8-5-15-3-1-2-4-20(15)27-21/h1-9H,10-14H2,(H,28,30). The molecule has 1 aromatic heterocycles. The van der Waals surface area contributed by atoms with E-state index in [2.05, 4.69) is 10.3 Å². The lowest BCUT2D eigenvalue weighted by atomic mass is 9.38. The number of nitrogens with zero attached hydrogens (tertiary/aromatic N) is 1. The van der Waals surface area contributed by atoms with E-state index in [4.69, 9.17) is 16.3 Å². The molecule has 3 aliphatic carbocycles. The molecule has 0 radical (unpaired) electrons. The lowest BCUT2D eigenvalue weighted by Crippen LogP contribution is -2.75. The Labute approximate surface area is 183 Å². The number of aromatic nitrogens is 1. The molecule has 0 unspecified atom stereocenters. The third-order valence-electron chi connectivity index (χ3n) is 6.21. The van der Waals surface area contributed by atoms with E-state index in [1.165, 1.54) is 18.2 Å². The molecular weight excluding hydrogens is 419 g/mol. The van der Waals surface area contributed by atoms with Gasteiger partial charge in [-0.2, -0.15) is 0 Å². The number of carbonyl (C=O) groups excluding carboxylic acids is 2. The fourth-order valence-corrected chi connectivity index (χ4v) is 5.13. The van der Waals surface area contributed by atoms with Crippen molar-refractivity contribution < 1.29 is 18.7 Å². The molecule has 3 fully saturated rings. The summed E-state index contributed by atoms with van der Waals surface area (Å²) in [6.45, 7) is -0.108. The van der Waals surface area contributed by atoms with Crippen LogP contribution in [-0.4, -0.2) is 28.8 Å². The first-order chi connectivity index (χ1) is 14.9. The van der Waals surface area contributed by atoms with Crippen molar-refractivity contribution in [2.45, 2.75) is 31.2 Å². The summed E-state index contributed by atoms with van der Waals surface area (Å²) in [6.07, 6.45) is 2.73. The molecule has 0 atom stereocenters. The van der Waals surface area contributed by atoms with Gasteiger partial charge < -0.3 is 10.1 Å². The van der Waals surface area contributed by atoms with Gasteiger partial charge in [0.05, 0.1) is 10.5 Å². The number of ketones is 1. The van der Waals surface area contributed by atoms with Crippen molar-refractivity contribution >= 4 is 34.2 Å². The molecule has 1 N–H and O–H groups in total. The van der Waals surface area contributed by atoms with Crippen LogP contribution < -0.4 is 10.1 Å². The molecule has 6 rings (SSSR count). The van der Waals surface area contributed by atoms with E-state index in [9.17, 15) is 14.0 Å². The van der Waals surface area contributed by atoms with Crippen LogP contribution in [0, 0.1) is 11.2 Å². The molecule has 31 heavy (non-hydrogen) atoms. The van der Waals surface area contributed by atoms with Crippen LogP contribution in [0.4, 0.5) is 4.39 Å². The molecule has 158 valence electrons. The number of benzene rings is 2. The molecule has 1 heterocycles. The quantitative estimate of drug-likeness (QED) is 0.579. The van der Waals surface area contributed by atoms with Crippen LogP contribution in [-0.2, 0) is 4.79 Å². The highest BCUT2D eigenvalue weighted by Crippen LogP contribution is 2.69. The molecule has 0 saturated heterocycles. The number of amides is 1. The number of para-hydroxylation sites is 1. The third kappa shape index (κ3) is 3.76. The number of nitrogens with one attached hydrogen (secondary N) is 1. The van der Waals surface area contributed by atoms with Gasteiger partial charge in [-0.3, -0.25) is 9.59 Å². The highest BCUT2D eigenvalue weighted by atomic mass is 35.5. The normalized spacial score (nSPS) is 23.5. The molecule has 7 heteroatoms. The van der Waals surface area contributed by atoms with Gasteiger partial charge in [0.15, 0.2) is 5.78 Å². The van der Waals surface area contributed by atoms with E-state index in [1.54, 1.807) is 6.07 Å². The van der Waals surface area contributed by atoms with Gasteiger partial charge in [-0.1, -0.05) is 35.9 Å². The smallest absolute Gasteiger partial charge is 0.270 e. The molecular formula is C24H20ClFN2O3. The minimum atomic E-state index is -0.579. The SMILES string of the molecule is O=C(COc1ccc(Cl)c(F)c1)CC12CC(NC(=O)c3ccc4ccccc4n3)(C1)C2. The van der Waals surface area contributed by atoms with E-state index >= 15 is 0 Å². The monoisotopic (exact) mass is 438 g/mol. The van der Waals surface area contributed by atoms with E-state index in [-0.39, 0.29) is 40.0 Å². The van der Waals surface area contributed by atoms with Crippen LogP contribution in [0.1, 0.15) is 36.2 Å². The Morgan fingerprint density at radius 2 is 1.87 bits per heavy atom. The predicted molar refractivity (Wildman–Crippen MR) is 115 cm³/mol. The van der Waals surface area contributed by atoms with Crippen molar-refractivity contribution in [1.82, 2.24) is 10.3 Å². The summed E-state index contributed by atoms with van der Waals surface area (Å²) < 4.78 is 18.8. The largest absolute Gasteiger partial charge is 0.486 e. The van der Waals surface area contributed by atoms with Gasteiger partial charge in [-0.05, 0) is 48.9 Å². The molecule has 0 aliphatic heterocycles. The summed E-state index contributed by atoms with van der Waals surface area (Å²) >= 11 is 5.64. The maximum atomic E-state index is 13.5. The number of carbonyl (C=O) groups is 2. The first-order valence-corrected chi connectivity index (χ1v) is 10.5. The zero-order valence-corrected chi connectivity index (χ0v) is 17.4. The van der Waals surface area contributed by atoms with Gasteiger partial charge in [0.1, 0.15) is 23.9 Å². The zero-order chi connectivity index (χ0) is 21.6. The molecule has 2 bridgehead atoms. The van der Waals surface area contributed by atoms with Crippen LogP contribution in [0.25, 0.3) is 10.9 Å². The summed E-state index contributed by atoms with van der Waals surface area (Å²) in [5.74, 6) is -0.520. The van der Waals surface area contributed by atoms with Crippen LogP contribution >= 0.6 is 11.6 Å². The van der Waals surface area contributed by atoms with Crippen LogP contribution in [0.15, 0.2) is 54.6 Å². The van der Waals surface area contributed by atoms with Crippen molar-refractivity contribution in [2.24, 2.45) is 5.41 Å². The van der Waals surface area contributed by atoms with Gasteiger partial charge in [0, 0.05) is 23.4 Å². The Balaban J connectivity index is 1.12. The lowest BCUT2D eigenvalue weighted by molar-refractivity contribution is -0.162. The number of fused-ring (bicyclic) bond motifs is 1. The van der Waals surface area contributed by atoms with E-state index < -0.39 is 5.82 Å². The number of hydrogen-bond acceptors (Lipinski definition) is 4. The van der Waals surface area contributed by atoms with Gasteiger partial charge in [-0.15, -0.1) is 0 Å². The molecule has 2 aromatic carbocycles. The second-order valence-electron chi connectivity index (χ2n) is 8.73. The fraction of sp³-hybridized carbons (Fsp3) is 0.292. The van der Waals surface area contributed by atoms with E-state index in [1.807, 2.05) is 30.3 Å². The summed E-state index contributed by atoms with van der Waals surface area (Å²) in [5, 5.41) is 4.11. The van der Waals surface area contributed by atoms with E-state index in [0.29, 0.717) is 12.1 Å². The molecule has 3 saturated carbocycles. The molecule has 5 nitrogen and oxygen atoms in total. The van der Waals surface area contributed by atoms with Crippen molar-refractivity contribution in [3.8, 4) is 5.75 Å². The average Bonchev–Trinajstić information content (AvgIpc) is 2.71. The average molecular weight is 439 g/mol. The van der Waals surface area contributed by atoms with Crippen molar-refractivity contribution in [2.75, 3.05) is 6.61 Å². The fourth-order valence-electron chi connectivity index (χ4n) is 5.02. The zero-order valence-electron chi connectivity index (χ0n) is 16.7. The van der Waals surface area contributed by atoms with Gasteiger partial charge in [0.2, 0.25) is 0 Å². The Morgan fingerprint density at radius 1 is 1.10 bits per heavy atom. The number of Topliss-reactive ketones (excluding diaryl/α,β-unsaturated/α-hetero) is 1. The predicted octanol–water partition coefficient (Wildman–Crippen LogP) is 4.72. The molecule has 3 aromatic rings. The number of rotatable bonds is 7. The minimum absolute atomic E-state index is 0.0128. The Kier molecular flexibility index (Phi) is 4.70. The van der Waals surface area contributed by atoms with Crippen molar-refractivity contribution in [3.05, 3.63) is 71.1 Å². The maximum Gasteiger partial charge on any atom is 0.270 e. The molecule has 0 spiro atoms. The van der Waals surface area contributed by atoms with Crippen LogP contribution in [0.2, 0.25) is 5.02 Å². The first-order valence-electron chi connectivity index (χ1n) is 10.1. The molecule has 1 amide bonds. The number of ether oxygens (including phenoxy) is 1. The Morgan fingerprint density at radius 3 is 2.65 bits per heavy atom. The van der Waals surface area contributed by atoms with Gasteiger partial charge in [-0.25, -0.2) is 9.37 Å². The lowest BCUT2D eigenvalue weighted by Gasteiger charge is -2.70. The number of pyridine rings is 1. The van der Waals surface area contributed by atoms with Crippen LogP contribution in [0.5, 0.6) is 5.75 Å². The van der Waals surface area contributed by atoms with Gasteiger partial charge >= 0.3 is 0 Å². The van der Waals surface area contributed by atoms with E-state index in [0.717, 1.165) is 30.2 Å². The summed E-state index contributed by atoms with van der Waals surface area (Å²) in [4.78, 5) is 29.4. The first kappa shape index (κ1) is 19.9. The van der Waals surface area contributed by atoms with Crippen molar-refractivity contribution in [3.63, 3.8) is 0 Å². The number of halogens is 2. The minimum Gasteiger partial charge on any atom is -0.486 e. The Bertz CT molecular complexity index is 1190. The Hall–Kier alpha value is -2.99. The highest BCUT2D eigenvalue weighted by Gasteiger charge is 2.68. The summed E-state index contributed by atoms with van der Waals surface area (Å²) in [6, 6.07) is 15.4. The molecule has 3 aliphatic rings. The summed E-state index contributed by atoms with van der Waals surface area (Å²) in [7, 11) is 0. The van der Waals surface area contributed by atoms with Crippen molar-refractivity contribution in [1.29, 1.82) is 0 Å².